The maximum absolute atomic E-state index is 14.9. The summed E-state index contributed by atoms with van der Waals surface area (Å²) < 4.78 is 29.3. The van der Waals surface area contributed by atoms with E-state index in [0.717, 1.165) is 16.2 Å². The summed E-state index contributed by atoms with van der Waals surface area (Å²) in [5.74, 6) is -2.31. The van der Waals surface area contributed by atoms with Crippen LogP contribution in [0.2, 0.25) is 0 Å². The minimum Gasteiger partial charge on any atom is -0.347 e. The number of pyridine rings is 1. The van der Waals surface area contributed by atoms with Gasteiger partial charge in [-0.2, -0.15) is 9.49 Å². The predicted molar refractivity (Wildman–Crippen MR) is 136 cm³/mol. The number of benzene rings is 1. The number of aromatic nitrogens is 3. The molecule has 3 unspecified atom stereocenters. The molecule has 3 heterocycles. The van der Waals surface area contributed by atoms with E-state index in [-0.39, 0.29) is 31.1 Å². The van der Waals surface area contributed by atoms with Gasteiger partial charge in [0.15, 0.2) is 0 Å². The van der Waals surface area contributed by atoms with Gasteiger partial charge in [-0.1, -0.05) is 38.1 Å². The molecule has 0 spiro atoms. The van der Waals surface area contributed by atoms with Crippen molar-refractivity contribution in [2.24, 2.45) is 0 Å². The van der Waals surface area contributed by atoms with Crippen molar-refractivity contribution in [3.8, 4) is 11.3 Å². The van der Waals surface area contributed by atoms with Gasteiger partial charge in [-0.3, -0.25) is 19.5 Å². The molecule has 1 saturated heterocycles. The van der Waals surface area contributed by atoms with Crippen LogP contribution in [0.5, 0.6) is 0 Å². The zero-order chi connectivity index (χ0) is 27.4. The van der Waals surface area contributed by atoms with Gasteiger partial charge >= 0.3 is 0 Å². The fourth-order valence-electron chi connectivity index (χ4n) is 4.53. The Labute approximate surface area is 219 Å². The number of rotatable bonds is 8. The number of nitrogens with zero attached hydrogens (tertiary/aromatic N) is 3. The number of nitrogens with one attached hydrogen (secondary N) is 3. The van der Waals surface area contributed by atoms with Crippen LogP contribution in [0, 0.1) is 5.95 Å². The highest BCUT2D eigenvalue weighted by atomic mass is 19.1. The van der Waals surface area contributed by atoms with Crippen LogP contribution in [0.4, 0.5) is 8.78 Å². The topological polar surface area (TPSA) is 120 Å². The number of alkyl halides is 1. The lowest BCUT2D eigenvalue weighted by Crippen LogP contribution is -2.49. The van der Waals surface area contributed by atoms with Gasteiger partial charge in [-0.15, -0.1) is 0 Å². The molecule has 3 amide bonds. The highest BCUT2D eigenvalue weighted by molar-refractivity contribution is 5.91. The third kappa shape index (κ3) is 6.04. The molecule has 1 aliphatic rings. The van der Waals surface area contributed by atoms with Gasteiger partial charge in [0, 0.05) is 25.1 Å². The van der Waals surface area contributed by atoms with Gasteiger partial charge in [0.1, 0.15) is 12.2 Å². The molecule has 2 aromatic heterocycles. The number of hydrogen-bond acceptors (Lipinski definition) is 5. The third-order valence-corrected chi connectivity index (χ3v) is 6.50. The SMILES string of the molecule is CC(=O)NCC(=O)N1CC(F)CC1C(=O)NC(c1cccc(-c2ccn[nH]2)c1)c1ccc(C(C)C)c(F)n1. The lowest BCUT2D eigenvalue weighted by Gasteiger charge is -2.27. The minimum absolute atomic E-state index is 0.0866. The summed E-state index contributed by atoms with van der Waals surface area (Å²) in [6, 6.07) is 10.3. The average Bonchev–Trinajstić information content (AvgIpc) is 3.56. The van der Waals surface area contributed by atoms with Crippen molar-refractivity contribution >= 4 is 17.7 Å². The zero-order valence-electron chi connectivity index (χ0n) is 21.4. The molecular formula is C27H30F2N6O3. The number of H-pyrrole nitrogens is 1. The summed E-state index contributed by atoms with van der Waals surface area (Å²) in [4.78, 5) is 42.6. The molecule has 0 bridgehead atoms. The van der Waals surface area contributed by atoms with E-state index in [1.165, 1.54) is 6.92 Å². The summed E-state index contributed by atoms with van der Waals surface area (Å²) in [7, 11) is 0. The second-order valence-corrected chi connectivity index (χ2v) is 9.61. The molecule has 11 heteroatoms. The molecule has 1 fully saturated rings. The van der Waals surface area contributed by atoms with E-state index in [1.54, 1.807) is 36.5 Å². The van der Waals surface area contributed by atoms with Gasteiger partial charge in [-0.25, -0.2) is 9.37 Å². The van der Waals surface area contributed by atoms with Crippen molar-refractivity contribution in [1.29, 1.82) is 0 Å². The summed E-state index contributed by atoms with van der Waals surface area (Å²) in [6.07, 6.45) is 0.0326. The Kier molecular flexibility index (Phi) is 8.13. The van der Waals surface area contributed by atoms with E-state index in [4.69, 9.17) is 0 Å². The number of carbonyl (C=O) groups is 3. The van der Waals surface area contributed by atoms with E-state index >= 15 is 0 Å². The van der Waals surface area contributed by atoms with Gasteiger partial charge in [-0.05, 0) is 35.2 Å². The largest absolute Gasteiger partial charge is 0.347 e. The fraction of sp³-hybridized carbons (Fsp3) is 0.370. The van der Waals surface area contributed by atoms with E-state index in [0.29, 0.717) is 11.1 Å². The molecule has 200 valence electrons. The lowest BCUT2D eigenvalue weighted by atomic mass is 9.97. The lowest BCUT2D eigenvalue weighted by molar-refractivity contribution is -0.138. The molecule has 1 aromatic carbocycles. The maximum Gasteiger partial charge on any atom is 0.243 e. The Morgan fingerprint density at radius 2 is 1.97 bits per heavy atom. The van der Waals surface area contributed by atoms with Crippen molar-refractivity contribution in [1.82, 2.24) is 30.7 Å². The van der Waals surface area contributed by atoms with Crippen LogP contribution in [-0.4, -0.2) is 63.1 Å². The maximum atomic E-state index is 14.9. The van der Waals surface area contributed by atoms with Crippen LogP contribution in [0.1, 0.15) is 56.0 Å². The summed E-state index contributed by atoms with van der Waals surface area (Å²) in [5, 5.41) is 12.1. The van der Waals surface area contributed by atoms with Crippen molar-refractivity contribution in [2.45, 2.75) is 51.4 Å². The summed E-state index contributed by atoms with van der Waals surface area (Å²) in [5.41, 5.74) is 2.84. The average molecular weight is 525 g/mol. The van der Waals surface area contributed by atoms with E-state index in [9.17, 15) is 23.2 Å². The molecule has 0 radical (unpaired) electrons. The second kappa shape index (κ2) is 11.5. The minimum atomic E-state index is -1.39. The van der Waals surface area contributed by atoms with Gasteiger partial charge < -0.3 is 15.5 Å². The number of carbonyl (C=O) groups excluding carboxylic acids is 3. The van der Waals surface area contributed by atoms with E-state index in [2.05, 4.69) is 25.8 Å². The molecule has 0 saturated carbocycles. The van der Waals surface area contributed by atoms with Crippen LogP contribution in [0.3, 0.4) is 0 Å². The highest BCUT2D eigenvalue weighted by Crippen LogP contribution is 2.29. The third-order valence-electron chi connectivity index (χ3n) is 6.50. The van der Waals surface area contributed by atoms with Crippen molar-refractivity contribution in [2.75, 3.05) is 13.1 Å². The highest BCUT2D eigenvalue weighted by Gasteiger charge is 2.40. The Morgan fingerprint density at radius 1 is 1.18 bits per heavy atom. The quantitative estimate of drug-likeness (QED) is 0.392. The number of hydrogen-bond donors (Lipinski definition) is 3. The van der Waals surface area contributed by atoms with Crippen LogP contribution < -0.4 is 10.6 Å². The number of amides is 3. The first kappa shape index (κ1) is 26.9. The van der Waals surface area contributed by atoms with Crippen LogP contribution in [0.15, 0.2) is 48.7 Å². The van der Waals surface area contributed by atoms with Crippen molar-refractivity contribution in [3.63, 3.8) is 0 Å². The first-order chi connectivity index (χ1) is 18.1. The number of halogens is 2. The van der Waals surface area contributed by atoms with Gasteiger partial charge in [0.2, 0.25) is 23.7 Å². The van der Waals surface area contributed by atoms with Gasteiger partial charge in [0.25, 0.3) is 0 Å². The van der Waals surface area contributed by atoms with Crippen molar-refractivity contribution < 1.29 is 23.2 Å². The van der Waals surface area contributed by atoms with Gasteiger partial charge in [0.05, 0.1) is 30.5 Å². The molecular weight excluding hydrogens is 494 g/mol. The number of aromatic amines is 1. The first-order valence-corrected chi connectivity index (χ1v) is 12.4. The van der Waals surface area contributed by atoms with E-state index in [1.807, 2.05) is 26.0 Å². The van der Waals surface area contributed by atoms with E-state index < -0.39 is 41.9 Å². The van der Waals surface area contributed by atoms with Crippen molar-refractivity contribution in [3.05, 3.63) is 71.4 Å². The van der Waals surface area contributed by atoms with Crippen LogP contribution >= 0.6 is 0 Å². The molecule has 3 atom stereocenters. The number of likely N-dealkylation sites (tertiary alicyclic amines) is 1. The molecule has 1 aliphatic heterocycles. The Balaban J connectivity index is 1.67. The molecule has 38 heavy (non-hydrogen) atoms. The smallest absolute Gasteiger partial charge is 0.243 e. The first-order valence-electron chi connectivity index (χ1n) is 12.4. The second-order valence-electron chi connectivity index (χ2n) is 9.61. The summed E-state index contributed by atoms with van der Waals surface area (Å²) in [6.45, 7) is 4.37. The molecule has 0 aliphatic carbocycles. The Hall–Kier alpha value is -4.15. The zero-order valence-corrected chi connectivity index (χ0v) is 21.4. The molecule has 3 aromatic rings. The Bertz CT molecular complexity index is 1310. The fourth-order valence-corrected chi connectivity index (χ4v) is 4.53. The monoisotopic (exact) mass is 524 g/mol. The Morgan fingerprint density at radius 3 is 2.63 bits per heavy atom. The predicted octanol–water partition coefficient (Wildman–Crippen LogP) is 3.01. The molecule has 4 rings (SSSR count). The van der Waals surface area contributed by atoms with Crippen LogP contribution in [0.25, 0.3) is 11.3 Å². The normalized spacial score (nSPS) is 17.9. The van der Waals surface area contributed by atoms with Crippen LogP contribution in [-0.2, 0) is 14.4 Å². The summed E-state index contributed by atoms with van der Waals surface area (Å²) >= 11 is 0. The molecule has 3 N–H and O–H groups in total. The standard InChI is InChI=1S/C27H30F2N6O3/c1-15(2)20-7-8-22(32-26(20)29)25(18-6-4-5-17(11-18)21-9-10-31-34-21)33-27(38)23-12-19(28)14-35(23)24(37)13-30-16(3)36/h4-11,15,19,23,25H,12-14H2,1-3H3,(H,30,36)(H,31,34)(H,33,38). The molecule has 9 nitrogen and oxygen atoms in total.